The first-order valence-corrected chi connectivity index (χ1v) is 5.94. The van der Waals surface area contributed by atoms with Crippen LogP contribution in [0.25, 0.3) is 0 Å². The molecule has 17 heavy (non-hydrogen) atoms. The lowest BCUT2D eigenvalue weighted by Gasteiger charge is -2.07. The number of ether oxygens (including phenoxy) is 1. The average molecular weight is 232 g/mol. The number of ketones is 1. The summed E-state index contributed by atoms with van der Waals surface area (Å²) in [6.45, 7) is 8.36. The second-order valence-corrected chi connectivity index (χ2v) is 4.23. The lowest BCUT2D eigenvalue weighted by Crippen LogP contribution is -2.11. The van der Waals surface area contributed by atoms with Gasteiger partial charge in [-0.25, -0.2) is 0 Å². The molecule has 1 aromatic rings. The van der Waals surface area contributed by atoms with E-state index in [1.165, 1.54) is 0 Å². The standard InChI is InChI=1S/C15H20O2/c1-4-5-6-9-17-11-15(16)14-10-12(2)7-8-13(14)3/h4,7-8,10H,1,5-6,9,11H2,2-3H3. The lowest BCUT2D eigenvalue weighted by molar-refractivity contribution is 0.0756. The molecule has 0 spiro atoms. The Kier molecular flexibility index (Phi) is 5.64. The molecule has 0 fully saturated rings. The van der Waals surface area contributed by atoms with Crippen molar-refractivity contribution >= 4 is 5.78 Å². The molecule has 0 saturated heterocycles. The van der Waals surface area contributed by atoms with Crippen molar-refractivity contribution in [1.29, 1.82) is 0 Å². The van der Waals surface area contributed by atoms with E-state index in [2.05, 4.69) is 6.58 Å². The van der Waals surface area contributed by atoms with Crippen molar-refractivity contribution in [3.05, 3.63) is 47.5 Å². The number of hydrogen-bond acceptors (Lipinski definition) is 2. The first kappa shape index (κ1) is 13.7. The number of Topliss-reactive ketones (excluding diaryl/α,β-unsaturated/α-hetero) is 1. The van der Waals surface area contributed by atoms with Crippen LogP contribution in [-0.4, -0.2) is 19.0 Å². The van der Waals surface area contributed by atoms with E-state index in [4.69, 9.17) is 4.74 Å². The number of benzene rings is 1. The molecule has 1 rings (SSSR count). The Hall–Kier alpha value is -1.41. The lowest BCUT2D eigenvalue weighted by atomic mass is 10.0. The number of hydrogen-bond donors (Lipinski definition) is 0. The van der Waals surface area contributed by atoms with Gasteiger partial charge in [0, 0.05) is 12.2 Å². The van der Waals surface area contributed by atoms with E-state index >= 15 is 0 Å². The second-order valence-electron chi connectivity index (χ2n) is 4.23. The summed E-state index contributed by atoms with van der Waals surface area (Å²) in [7, 11) is 0. The molecule has 0 bridgehead atoms. The Balaban J connectivity index is 2.46. The third-order valence-corrected chi connectivity index (χ3v) is 2.62. The summed E-state index contributed by atoms with van der Waals surface area (Å²) in [5.74, 6) is 0.0600. The second kappa shape index (κ2) is 7.02. The van der Waals surface area contributed by atoms with Gasteiger partial charge in [0.1, 0.15) is 6.61 Å². The van der Waals surface area contributed by atoms with Crippen LogP contribution < -0.4 is 0 Å². The van der Waals surface area contributed by atoms with Crippen molar-refractivity contribution in [2.45, 2.75) is 26.7 Å². The monoisotopic (exact) mass is 232 g/mol. The third-order valence-electron chi connectivity index (χ3n) is 2.62. The van der Waals surface area contributed by atoms with Gasteiger partial charge in [-0.1, -0.05) is 23.8 Å². The minimum absolute atomic E-state index is 0.0600. The molecule has 0 saturated carbocycles. The van der Waals surface area contributed by atoms with E-state index in [1.807, 2.05) is 38.1 Å². The topological polar surface area (TPSA) is 26.3 Å². The highest BCUT2D eigenvalue weighted by atomic mass is 16.5. The molecule has 0 aliphatic carbocycles. The molecular formula is C15H20O2. The van der Waals surface area contributed by atoms with Crippen molar-refractivity contribution in [2.24, 2.45) is 0 Å². The predicted octanol–water partition coefficient (Wildman–Crippen LogP) is 3.47. The first-order chi connectivity index (χ1) is 8.15. The molecule has 0 N–H and O–H groups in total. The van der Waals surface area contributed by atoms with Crippen LogP contribution in [0.5, 0.6) is 0 Å². The predicted molar refractivity (Wildman–Crippen MR) is 70.5 cm³/mol. The average Bonchev–Trinajstić information content (AvgIpc) is 2.32. The van der Waals surface area contributed by atoms with Crippen LogP contribution in [0, 0.1) is 13.8 Å². The largest absolute Gasteiger partial charge is 0.373 e. The maximum atomic E-state index is 11.9. The van der Waals surface area contributed by atoms with Crippen molar-refractivity contribution in [3.63, 3.8) is 0 Å². The smallest absolute Gasteiger partial charge is 0.188 e. The van der Waals surface area contributed by atoms with E-state index in [0.717, 1.165) is 29.5 Å². The van der Waals surface area contributed by atoms with Gasteiger partial charge in [-0.15, -0.1) is 6.58 Å². The molecule has 0 heterocycles. The molecule has 0 aliphatic rings. The normalized spacial score (nSPS) is 10.2. The van der Waals surface area contributed by atoms with Gasteiger partial charge in [-0.2, -0.15) is 0 Å². The van der Waals surface area contributed by atoms with Crippen LogP contribution in [0.3, 0.4) is 0 Å². The van der Waals surface area contributed by atoms with Crippen LogP contribution in [0.15, 0.2) is 30.9 Å². The summed E-state index contributed by atoms with van der Waals surface area (Å²) < 4.78 is 5.35. The summed E-state index contributed by atoms with van der Waals surface area (Å²) in [5, 5.41) is 0. The molecule has 0 aliphatic heterocycles. The van der Waals surface area contributed by atoms with Crippen LogP contribution in [0.2, 0.25) is 0 Å². The Morgan fingerprint density at radius 1 is 1.41 bits per heavy atom. The van der Waals surface area contributed by atoms with Crippen molar-refractivity contribution in [2.75, 3.05) is 13.2 Å². The fourth-order valence-electron chi connectivity index (χ4n) is 1.61. The van der Waals surface area contributed by atoms with E-state index in [-0.39, 0.29) is 12.4 Å². The van der Waals surface area contributed by atoms with Gasteiger partial charge < -0.3 is 4.74 Å². The summed E-state index contributed by atoms with van der Waals surface area (Å²) in [5.41, 5.74) is 2.88. The number of aryl methyl sites for hydroxylation is 2. The van der Waals surface area contributed by atoms with Crippen molar-refractivity contribution in [3.8, 4) is 0 Å². The van der Waals surface area contributed by atoms with Gasteiger partial charge in [-0.3, -0.25) is 4.79 Å². The van der Waals surface area contributed by atoms with Gasteiger partial charge in [0.15, 0.2) is 5.78 Å². The van der Waals surface area contributed by atoms with Gasteiger partial charge in [0.2, 0.25) is 0 Å². The maximum absolute atomic E-state index is 11.9. The molecule has 92 valence electrons. The van der Waals surface area contributed by atoms with Crippen LogP contribution in [0.1, 0.15) is 34.3 Å². The quantitative estimate of drug-likeness (QED) is 0.409. The Morgan fingerprint density at radius 3 is 2.88 bits per heavy atom. The molecule has 2 nitrogen and oxygen atoms in total. The minimum Gasteiger partial charge on any atom is -0.373 e. The number of carbonyl (C=O) groups is 1. The van der Waals surface area contributed by atoms with Gasteiger partial charge in [-0.05, 0) is 38.3 Å². The van der Waals surface area contributed by atoms with Crippen LogP contribution in [0.4, 0.5) is 0 Å². The minimum atomic E-state index is 0.0600. The Morgan fingerprint density at radius 2 is 2.18 bits per heavy atom. The van der Waals surface area contributed by atoms with Gasteiger partial charge in [0.25, 0.3) is 0 Å². The summed E-state index contributed by atoms with van der Waals surface area (Å²) in [4.78, 5) is 11.9. The molecule has 1 aromatic carbocycles. The van der Waals surface area contributed by atoms with Crippen molar-refractivity contribution < 1.29 is 9.53 Å². The highest BCUT2D eigenvalue weighted by Gasteiger charge is 2.08. The number of unbranched alkanes of at least 4 members (excludes halogenated alkanes) is 1. The summed E-state index contributed by atoms with van der Waals surface area (Å²) in [6.07, 6.45) is 3.71. The van der Waals surface area contributed by atoms with Crippen molar-refractivity contribution in [1.82, 2.24) is 0 Å². The number of rotatable bonds is 7. The zero-order chi connectivity index (χ0) is 12.7. The van der Waals surface area contributed by atoms with Gasteiger partial charge >= 0.3 is 0 Å². The molecule has 0 atom stereocenters. The van der Waals surface area contributed by atoms with E-state index in [9.17, 15) is 4.79 Å². The maximum Gasteiger partial charge on any atom is 0.188 e. The molecule has 2 heteroatoms. The van der Waals surface area contributed by atoms with E-state index in [0.29, 0.717) is 6.61 Å². The molecule has 0 aromatic heterocycles. The number of allylic oxidation sites excluding steroid dienone is 1. The molecular weight excluding hydrogens is 212 g/mol. The first-order valence-electron chi connectivity index (χ1n) is 5.94. The van der Waals surface area contributed by atoms with Crippen LogP contribution in [-0.2, 0) is 4.74 Å². The third kappa shape index (κ3) is 4.53. The fraction of sp³-hybridized carbons (Fsp3) is 0.400. The zero-order valence-corrected chi connectivity index (χ0v) is 10.7. The van der Waals surface area contributed by atoms with Crippen LogP contribution >= 0.6 is 0 Å². The highest BCUT2D eigenvalue weighted by molar-refractivity contribution is 5.98. The fourth-order valence-corrected chi connectivity index (χ4v) is 1.61. The SMILES string of the molecule is C=CCCCOCC(=O)c1cc(C)ccc1C. The van der Waals surface area contributed by atoms with E-state index in [1.54, 1.807) is 0 Å². The summed E-state index contributed by atoms with van der Waals surface area (Å²) in [6, 6.07) is 5.90. The van der Waals surface area contributed by atoms with Gasteiger partial charge in [0.05, 0.1) is 0 Å². The Bertz CT molecular complexity index is 394. The molecule has 0 radical (unpaired) electrons. The van der Waals surface area contributed by atoms with E-state index < -0.39 is 0 Å². The molecule has 0 unspecified atom stereocenters. The number of carbonyl (C=O) groups excluding carboxylic acids is 1. The molecule has 0 amide bonds. The summed E-state index contributed by atoms with van der Waals surface area (Å²) >= 11 is 0. The highest BCUT2D eigenvalue weighted by Crippen LogP contribution is 2.11. The Labute approximate surface area is 103 Å². The zero-order valence-electron chi connectivity index (χ0n) is 10.7.